The molecule has 0 aromatic heterocycles. The van der Waals surface area contributed by atoms with Crippen LogP contribution < -0.4 is 15.5 Å². The summed E-state index contributed by atoms with van der Waals surface area (Å²) in [6.07, 6.45) is 2.26. The molecule has 4 heteroatoms. The molecule has 1 fully saturated rings. The fourth-order valence-electron chi connectivity index (χ4n) is 2.29. The second-order valence-corrected chi connectivity index (χ2v) is 5.61. The summed E-state index contributed by atoms with van der Waals surface area (Å²) in [5.74, 6) is 0.116. The van der Waals surface area contributed by atoms with Crippen molar-refractivity contribution in [2.24, 2.45) is 0 Å². The molecule has 0 unspecified atom stereocenters. The van der Waals surface area contributed by atoms with Crippen molar-refractivity contribution in [1.29, 1.82) is 0 Å². The summed E-state index contributed by atoms with van der Waals surface area (Å²) in [4.78, 5) is 13.9. The van der Waals surface area contributed by atoms with Gasteiger partial charge in [0.1, 0.15) is 0 Å². The van der Waals surface area contributed by atoms with E-state index in [2.05, 4.69) is 42.7 Å². The van der Waals surface area contributed by atoms with Gasteiger partial charge in [0.15, 0.2) is 0 Å². The van der Waals surface area contributed by atoms with E-state index in [9.17, 15) is 4.79 Å². The highest BCUT2D eigenvalue weighted by molar-refractivity contribution is 5.82. The molecule has 2 N–H and O–H groups in total. The van der Waals surface area contributed by atoms with E-state index in [0.29, 0.717) is 12.6 Å². The first-order chi connectivity index (χ1) is 9.60. The third-order valence-electron chi connectivity index (χ3n) is 3.53. The van der Waals surface area contributed by atoms with Crippen molar-refractivity contribution in [2.75, 3.05) is 25.0 Å². The lowest BCUT2D eigenvalue weighted by atomic mass is 10.1. The molecule has 110 valence electrons. The summed E-state index contributed by atoms with van der Waals surface area (Å²) in [5.41, 5.74) is 3.62. The molecular weight excluding hydrogens is 250 g/mol. The standard InChI is InChI=1S/C16H25N3O/c1-4-17-10-13-9-12(2)5-8-15(13)19(3)11-16(20)18-14-6-7-14/h5,8-9,14,17H,4,6-7,10-11H2,1-3H3,(H,18,20). The zero-order chi connectivity index (χ0) is 14.5. The summed E-state index contributed by atoms with van der Waals surface area (Å²) in [5, 5.41) is 6.39. The number of anilines is 1. The van der Waals surface area contributed by atoms with Crippen molar-refractivity contribution in [3.63, 3.8) is 0 Å². The van der Waals surface area contributed by atoms with Crippen LogP contribution in [-0.2, 0) is 11.3 Å². The molecule has 2 rings (SSSR count). The maximum atomic E-state index is 11.9. The van der Waals surface area contributed by atoms with Crippen LogP contribution in [0.15, 0.2) is 18.2 Å². The van der Waals surface area contributed by atoms with Crippen molar-refractivity contribution < 1.29 is 4.79 Å². The van der Waals surface area contributed by atoms with Crippen LogP contribution in [0.3, 0.4) is 0 Å². The Morgan fingerprint density at radius 2 is 2.15 bits per heavy atom. The van der Waals surface area contributed by atoms with Gasteiger partial charge in [0, 0.05) is 25.3 Å². The fourth-order valence-corrected chi connectivity index (χ4v) is 2.29. The summed E-state index contributed by atoms with van der Waals surface area (Å²) < 4.78 is 0. The zero-order valence-electron chi connectivity index (χ0n) is 12.7. The molecule has 1 aliphatic carbocycles. The van der Waals surface area contributed by atoms with E-state index in [0.717, 1.165) is 31.6 Å². The van der Waals surface area contributed by atoms with Gasteiger partial charge in [-0.25, -0.2) is 0 Å². The molecule has 0 spiro atoms. The van der Waals surface area contributed by atoms with Crippen LogP contribution >= 0.6 is 0 Å². The number of benzene rings is 1. The first-order valence-electron chi connectivity index (χ1n) is 7.41. The van der Waals surface area contributed by atoms with Gasteiger partial charge in [0.05, 0.1) is 6.54 Å². The number of likely N-dealkylation sites (N-methyl/N-ethyl adjacent to an activating group) is 1. The Hall–Kier alpha value is -1.55. The Morgan fingerprint density at radius 3 is 2.80 bits per heavy atom. The normalized spacial score (nSPS) is 14.2. The zero-order valence-corrected chi connectivity index (χ0v) is 12.7. The molecule has 1 amide bonds. The monoisotopic (exact) mass is 275 g/mol. The van der Waals surface area contributed by atoms with Gasteiger partial charge < -0.3 is 15.5 Å². The van der Waals surface area contributed by atoms with Crippen molar-refractivity contribution in [2.45, 2.75) is 39.3 Å². The predicted molar refractivity (Wildman–Crippen MR) is 83.0 cm³/mol. The van der Waals surface area contributed by atoms with Gasteiger partial charge in [-0.2, -0.15) is 0 Å². The number of amides is 1. The van der Waals surface area contributed by atoms with Crippen LogP contribution in [0, 0.1) is 6.92 Å². The lowest BCUT2D eigenvalue weighted by molar-refractivity contribution is -0.119. The minimum Gasteiger partial charge on any atom is -0.365 e. The molecule has 0 atom stereocenters. The largest absolute Gasteiger partial charge is 0.365 e. The Balaban J connectivity index is 2.02. The maximum Gasteiger partial charge on any atom is 0.239 e. The van der Waals surface area contributed by atoms with Gasteiger partial charge in [-0.1, -0.05) is 24.6 Å². The number of carbonyl (C=O) groups is 1. The number of rotatable bonds is 7. The SMILES string of the molecule is CCNCc1cc(C)ccc1N(C)CC(=O)NC1CC1. The lowest BCUT2D eigenvalue weighted by Crippen LogP contribution is -2.36. The van der Waals surface area contributed by atoms with Crippen LogP contribution in [0.5, 0.6) is 0 Å². The Bertz CT molecular complexity index is 469. The number of hydrogen-bond acceptors (Lipinski definition) is 3. The Morgan fingerprint density at radius 1 is 1.40 bits per heavy atom. The van der Waals surface area contributed by atoms with Gasteiger partial charge in [-0.05, 0) is 37.9 Å². The number of nitrogens with one attached hydrogen (secondary N) is 2. The van der Waals surface area contributed by atoms with Crippen molar-refractivity contribution in [3.05, 3.63) is 29.3 Å². The molecule has 20 heavy (non-hydrogen) atoms. The van der Waals surface area contributed by atoms with Gasteiger partial charge in [-0.15, -0.1) is 0 Å². The number of aryl methyl sites for hydroxylation is 1. The number of nitrogens with zero attached hydrogens (tertiary/aromatic N) is 1. The lowest BCUT2D eigenvalue weighted by Gasteiger charge is -2.22. The predicted octanol–water partition coefficient (Wildman–Crippen LogP) is 1.82. The molecule has 1 saturated carbocycles. The van der Waals surface area contributed by atoms with Crippen molar-refractivity contribution in [1.82, 2.24) is 10.6 Å². The topological polar surface area (TPSA) is 44.4 Å². The van der Waals surface area contributed by atoms with E-state index in [1.807, 2.05) is 11.9 Å². The van der Waals surface area contributed by atoms with Crippen LogP contribution in [-0.4, -0.2) is 32.1 Å². The molecule has 1 aromatic rings. The number of hydrogen-bond donors (Lipinski definition) is 2. The van der Waals surface area contributed by atoms with Gasteiger partial charge in [0.2, 0.25) is 5.91 Å². The average Bonchev–Trinajstić information content (AvgIpc) is 3.19. The minimum absolute atomic E-state index is 0.116. The minimum atomic E-state index is 0.116. The maximum absolute atomic E-state index is 11.9. The second-order valence-electron chi connectivity index (χ2n) is 5.61. The van der Waals surface area contributed by atoms with Gasteiger partial charge in [0.25, 0.3) is 0 Å². The summed E-state index contributed by atoms with van der Waals surface area (Å²) in [7, 11) is 1.98. The van der Waals surface area contributed by atoms with Gasteiger partial charge >= 0.3 is 0 Å². The molecule has 0 radical (unpaired) electrons. The molecule has 1 aliphatic rings. The second kappa shape index (κ2) is 6.75. The first-order valence-corrected chi connectivity index (χ1v) is 7.41. The highest BCUT2D eigenvalue weighted by Crippen LogP contribution is 2.22. The highest BCUT2D eigenvalue weighted by atomic mass is 16.2. The Labute approximate surface area is 121 Å². The van der Waals surface area contributed by atoms with Gasteiger partial charge in [-0.3, -0.25) is 4.79 Å². The molecule has 4 nitrogen and oxygen atoms in total. The van der Waals surface area contributed by atoms with E-state index in [4.69, 9.17) is 0 Å². The molecule has 1 aromatic carbocycles. The van der Waals surface area contributed by atoms with E-state index < -0.39 is 0 Å². The molecule has 0 aliphatic heterocycles. The highest BCUT2D eigenvalue weighted by Gasteiger charge is 2.23. The average molecular weight is 275 g/mol. The first kappa shape index (κ1) is 14.9. The Kier molecular flexibility index (Phi) is 5.01. The van der Waals surface area contributed by atoms with E-state index in [-0.39, 0.29) is 5.91 Å². The van der Waals surface area contributed by atoms with E-state index in [1.165, 1.54) is 11.1 Å². The molecular formula is C16H25N3O. The molecule has 0 heterocycles. The van der Waals surface area contributed by atoms with E-state index >= 15 is 0 Å². The third-order valence-corrected chi connectivity index (χ3v) is 3.53. The van der Waals surface area contributed by atoms with E-state index in [1.54, 1.807) is 0 Å². The van der Waals surface area contributed by atoms with Crippen LogP contribution in [0.25, 0.3) is 0 Å². The smallest absolute Gasteiger partial charge is 0.239 e. The fraction of sp³-hybridized carbons (Fsp3) is 0.562. The summed E-state index contributed by atoms with van der Waals surface area (Å²) in [6.45, 7) is 6.39. The quantitative estimate of drug-likeness (QED) is 0.798. The summed E-state index contributed by atoms with van der Waals surface area (Å²) >= 11 is 0. The molecule has 0 saturated heterocycles. The van der Waals surface area contributed by atoms with Crippen molar-refractivity contribution in [3.8, 4) is 0 Å². The molecule has 0 bridgehead atoms. The summed E-state index contributed by atoms with van der Waals surface area (Å²) in [6, 6.07) is 6.81. The third kappa shape index (κ3) is 4.23. The van der Waals surface area contributed by atoms with Crippen LogP contribution in [0.4, 0.5) is 5.69 Å². The van der Waals surface area contributed by atoms with Crippen LogP contribution in [0.2, 0.25) is 0 Å². The van der Waals surface area contributed by atoms with Crippen LogP contribution in [0.1, 0.15) is 30.9 Å². The van der Waals surface area contributed by atoms with Crippen molar-refractivity contribution >= 4 is 11.6 Å². The number of carbonyl (C=O) groups excluding carboxylic acids is 1.